The first-order valence-corrected chi connectivity index (χ1v) is 5.88. The summed E-state index contributed by atoms with van der Waals surface area (Å²) >= 11 is 5.12. The van der Waals surface area contributed by atoms with Crippen LogP contribution in [0.1, 0.15) is 19.3 Å². The molecule has 2 saturated heterocycles. The van der Waals surface area contributed by atoms with Crippen LogP contribution in [0.15, 0.2) is 0 Å². The van der Waals surface area contributed by atoms with Crippen molar-refractivity contribution in [3.05, 3.63) is 0 Å². The molecule has 0 radical (unpaired) electrons. The zero-order valence-electron chi connectivity index (χ0n) is 8.79. The molecule has 0 aromatic heterocycles. The van der Waals surface area contributed by atoms with E-state index in [1.807, 2.05) is 0 Å². The number of likely N-dealkylation sites (tertiary alicyclic amines) is 1. The smallest absolute Gasteiger partial charge is 0.272 e. The van der Waals surface area contributed by atoms with Crippen LogP contribution in [0.4, 0.5) is 4.39 Å². The molecule has 2 amide bonds. The van der Waals surface area contributed by atoms with E-state index in [0.29, 0.717) is 19.5 Å². The standard InChI is InChI=1S/C10H14ClFN2O2/c11-9(12)10(16)14-4-6-2-1-3-8(15)13-7(6)5-14/h6-7,9H,1-5H2,(H,13,15). The lowest BCUT2D eigenvalue weighted by Gasteiger charge is -2.16. The second-order valence-corrected chi connectivity index (χ2v) is 4.75. The van der Waals surface area contributed by atoms with Gasteiger partial charge in [0.05, 0.1) is 6.04 Å². The minimum atomic E-state index is -1.97. The Morgan fingerprint density at radius 3 is 3.00 bits per heavy atom. The second kappa shape index (κ2) is 4.57. The Balaban J connectivity index is 2.00. The summed E-state index contributed by atoms with van der Waals surface area (Å²) in [6.07, 6.45) is 2.27. The van der Waals surface area contributed by atoms with Crippen LogP contribution in [0.25, 0.3) is 0 Å². The quantitative estimate of drug-likeness (QED) is 0.693. The molecule has 0 aromatic carbocycles. The maximum absolute atomic E-state index is 12.7. The molecule has 0 spiro atoms. The molecule has 2 rings (SSSR count). The number of carbonyl (C=O) groups excluding carboxylic acids is 2. The zero-order valence-corrected chi connectivity index (χ0v) is 9.54. The number of rotatable bonds is 1. The van der Waals surface area contributed by atoms with Gasteiger partial charge in [0, 0.05) is 19.5 Å². The number of hydrogen-bond donors (Lipinski definition) is 1. The third-order valence-corrected chi connectivity index (χ3v) is 3.45. The zero-order chi connectivity index (χ0) is 11.7. The lowest BCUT2D eigenvalue weighted by Crippen LogP contribution is -2.40. The van der Waals surface area contributed by atoms with Crippen LogP contribution in [0.3, 0.4) is 0 Å². The maximum atomic E-state index is 12.7. The van der Waals surface area contributed by atoms with Gasteiger partial charge in [-0.15, -0.1) is 0 Å². The fraction of sp³-hybridized carbons (Fsp3) is 0.800. The highest BCUT2D eigenvalue weighted by molar-refractivity contribution is 6.29. The van der Waals surface area contributed by atoms with Crippen LogP contribution in [-0.2, 0) is 9.59 Å². The Kier molecular flexibility index (Phi) is 3.33. The Labute approximate surface area is 98.1 Å². The van der Waals surface area contributed by atoms with Gasteiger partial charge < -0.3 is 10.2 Å². The van der Waals surface area contributed by atoms with E-state index in [2.05, 4.69) is 5.32 Å². The van der Waals surface area contributed by atoms with Gasteiger partial charge in [-0.3, -0.25) is 9.59 Å². The van der Waals surface area contributed by atoms with Gasteiger partial charge in [-0.2, -0.15) is 0 Å². The highest BCUT2D eigenvalue weighted by Crippen LogP contribution is 2.26. The fourth-order valence-electron chi connectivity index (χ4n) is 2.45. The summed E-state index contributed by atoms with van der Waals surface area (Å²) < 4.78 is 12.7. The Hall–Kier alpha value is -0.840. The molecule has 2 heterocycles. The van der Waals surface area contributed by atoms with E-state index in [1.165, 1.54) is 4.90 Å². The average Bonchev–Trinajstić information content (AvgIpc) is 2.52. The van der Waals surface area contributed by atoms with E-state index in [4.69, 9.17) is 11.6 Å². The molecule has 3 unspecified atom stereocenters. The van der Waals surface area contributed by atoms with Gasteiger partial charge in [-0.05, 0) is 18.8 Å². The van der Waals surface area contributed by atoms with Crippen molar-refractivity contribution in [3.8, 4) is 0 Å². The lowest BCUT2D eigenvalue weighted by molar-refractivity contribution is -0.133. The summed E-state index contributed by atoms with van der Waals surface area (Å²) in [4.78, 5) is 24.1. The summed E-state index contributed by atoms with van der Waals surface area (Å²) in [6, 6.07) is -0.0330. The molecule has 1 N–H and O–H groups in total. The number of carbonyl (C=O) groups is 2. The molecule has 0 aromatic rings. The Morgan fingerprint density at radius 2 is 2.31 bits per heavy atom. The number of hydrogen-bond acceptors (Lipinski definition) is 2. The topological polar surface area (TPSA) is 49.4 Å². The number of nitrogens with zero attached hydrogens (tertiary/aromatic N) is 1. The van der Waals surface area contributed by atoms with E-state index in [0.717, 1.165) is 12.8 Å². The van der Waals surface area contributed by atoms with Crippen LogP contribution in [0.5, 0.6) is 0 Å². The summed E-state index contributed by atoms with van der Waals surface area (Å²) in [6.45, 7) is 0.874. The molecule has 2 aliphatic rings. The van der Waals surface area contributed by atoms with E-state index < -0.39 is 11.5 Å². The molecule has 90 valence electrons. The van der Waals surface area contributed by atoms with Crippen molar-refractivity contribution in [2.24, 2.45) is 5.92 Å². The van der Waals surface area contributed by atoms with Crippen molar-refractivity contribution in [1.29, 1.82) is 0 Å². The Morgan fingerprint density at radius 1 is 1.56 bits per heavy atom. The van der Waals surface area contributed by atoms with Crippen molar-refractivity contribution < 1.29 is 14.0 Å². The number of halogens is 2. The molecular formula is C10H14ClFN2O2. The minimum Gasteiger partial charge on any atom is -0.351 e. The second-order valence-electron chi connectivity index (χ2n) is 4.37. The fourth-order valence-corrected chi connectivity index (χ4v) is 2.59. The summed E-state index contributed by atoms with van der Waals surface area (Å²) in [5.41, 5.74) is -1.97. The predicted molar refractivity (Wildman–Crippen MR) is 56.6 cm³/mol. The van der Waals surface area contributed by atoms with Crippen LogP contribution in [0.2, 0.25) is 0 Å². The van der Waals surface area contributed by atoms with Crippen molar-refractivity contribution >= 4 is 23.4 Å². The van der Waals surface area contributed by atoms with Gasteiger partial charge in [0.25, 0.3) is 11.5 Å². The first kappa shape index (κ1) is 11.6. The highest BCUT2D eigenvalue weighted by Gasteiger charge is 2.38. The largest absolute Gasteiger partial charge is 0.351 e. The first-order chi connectivity index (χ1) is 7.58. The summed E-state index contributed by atoms with van der Waals surface area (Å²) in [7, 11) is 0. The van der Waals surface area contributed by atoms with Crippen LogP contribution >= 0.6 is 11.6 Å². The van der Waals surface area contributed by atoms with E-state index >= 15 is 0 Å². The van der Waals surface area contributed by atoms with Crippen LogP contribution < -0.4 is 5.32 Å². The third-order valence-electron chi connectivity index (χ3n) is 3.26. The summed E-state index contributed by atoms with van der Waals surface area (Å²) in [5.74, 6) is -0.431. The van der Waals surface area contributed by atoms with Crippen molar-refractivity contribution in [2.75, 3.05) is 13.1 Å². The van der Waals surface area contributed by atoms with Crippen molar-refractivity contribution in [1.82, 2.24) is 10.2 Å². The number of nitrogens with one attached hydrogen (secondary N) is 1. The van der Waals surface area contributed by atoms with E-state index in [9.17, 15) is 14.0 Å². The first-order valence-electron chi connectivity index (χ1n) is 5.44. The SMILES string of the molecule is O=C1CCCC2CN(C(=O)C(F)Cl)CC2N1. The summed E-state index contributed by atoms with van der Waals surface area (Å²) in [5, 5.41) is 2.87. The van der Waals surface area contributed by atoms with Gasteiger partial charge in [-0.25, -0.2) is 4.39 Å². The molecule has 3 atom stereocenters. The van der Waals surface area contributed by atoms with Crippen molar-refractivity contribution in [3.63, 3.8) is 0 Å². The highest BCUT2D eigenvalue weighted by atomic mass is 35.5. The van der Waals surface area contributed by atoms with E-state index in [1.54, 1.807) is 0 Å². The van der Waals surface area contributed by atoms with Gasteiger partial charge in [0.2, 0.25) is 5.91 Å². The molecule has 16 heavy (non-hydrogen) atoms. The number of alkyl halides is 2. The van der Waals surface area contributed by atoms with E-state index in [-0.39, 0.29) is 17.9 Å². The van der Waals surface area contributed by atoms with Crippen molar-refractivity contribution in [2.45, 2.75) is 30.9 Å². The number of amides is 2. The van der Waals surface area contributed by atoms with Crippen LogP contribution in [0, 0.1) is 5.92 Å². The molecule has 4 nitrogen and oxygen atoms in total. The van der Waals surface area contributed by atoms with Gasteiger partial charge in [0.15, 0.2) is 0 Å². The molecule has 6 heteroatoms. The van der Waals surface area contributed by atoms with Crippen LogP contribution in [-0.4, -0.2) is 41.5 Å². The average molecular weight is 249 g/mol. The molecule has 0 bridgehead atoms. The van der Waals surface area contributed by atoms with Gasteiger partial charge in [-0.1, -0.05) is 11.6 Å². The Bertz CT molecular complexity index is 311. The maximum Gasteiger partial charge on any atom is 0.272 e. The predicted octanol–water partition coefficient (Wildman–Crippen LogP) is 0.648. The molecule has 2 fully saturated rings. The minimum absolute atomic E-state index is 0.0180. The lowest BCUT2D eigenvalue weighted by atomic mass is 9.99. The van der Waals surface area contributed by atoms with Gasteiger partial charge >= 0.3 is 0 Å². The molecule has 2 aliphatic heterocycles. The normalized spacial score (nSPS) is 31.6. The van der Waals surface area contributed by atoms with Gasteiger partial charge in [0.1, 0.15) is 0 Å². The third kappa shape index (κ3) is 2.29. The molecule has 0 saturated carbocycles. The molecule has 0 aliphatic carbocycles. The molecular weight excluding hydrogens is 235 g/mol. The monoisotopic (exact) mass is 248 g/mol. The number of fused-ring (bicyclic) bond motifs is 1.